The first-order valence-corrected chi connectivity index (χ1v) is 8.52. The van der Waals surface area contributed by atoms with Gasteiger partial charge in [-0.1, -0.05) is 34.4 Å². The fourth-order valence-corrected chi connectivity index (χ4v) is 3.73. The maximum Gasteiger partial charge on any atom is 0.228 e. The smallest absolute Gasteiger partial charge is 0.228 e. The Morgan fingerprint density at radius 2 is 2.00 bits per heavy atom. The summed E-state index contributed by atoms with van der Waals surface area (Å²) in [7, 11) is 0. The van der Waals surface area contributed by atoms with Crippen molar-refractivity contribution in [3.63, 3.8) is 0 Å². The fourth-order valence-electron chi connectivity index (χ4n) is 3.05. The lowest BCUT2D eigenvalue weighted by Gasteiger charge is -2.07. The average molecular weight is 351 g/mol. The van der Waals surface area contributed by atoms with Gasteiger partial charge in [0.2, 0.25) is 5.91 Å². The molecule has 1 N–H and O–H groups in total. The summed E-state index contributed by atoms with van der Waals surface area (Å²) in [6.45, 7) is 1.85. The van der Waals surface area contributed by atoms with E-state index >= 15 is 0 Å². The Balaban J connectivity index is 1.51. The minimum Gasteiger partial charge on any atom is -0.359 e. The van der Waals surface area contributed by atoms with Crippen molar-refractivity contribution in [3.05, 3.63) is 45.3 Å². The Labute approximate surface area is 144 Å². The molecule has 1 aromatic heterocycles. The quantitative estimate of drug-likeness (QED) is 0.852. The molecule has 0 aliphatic heterocycles. The summed E-state index contributed by atoms with van der Waals surface area (Å²) < 4.78 is 5.36. The van der Waals surface area contributed by atoms with Crippen molar-refractivity contribution >= 4 is 34.8 Å². The SMILES string of the molecule is Cc1noc(C2CC2)c1NC(=O)[C@@H]1C[C@@H]1c1c(Cl)cccc1Cl. The number of carbonyl (C=O) groups is 1. The molecular formula is C17H16Cl2N2O2. The molecule has 1 amide bonds. The predicted molar refractivity (Wildman–Crippen MR) is 89.2 cm³/mol. The lowest BCUT2D eigenvalue weighted by Crippen LogP contribution is -2.16. The molecular weight excluding hydrogens is 335 g/mol. The number of anilines is 1. The van der Waals surface area contributed by atoms with Crippen LogP contribution in [0.25, 0.3) is 0 Å². The van der Waals surface area contributed by atoms with Gasteiger partial charge in [-0.05, 0) is 49.8 Å². The van der Waals surface area contributed by atoms with E-state index < -0.39 is 0 Å². The molecule has 2 saturated carbocycles. The molecule has 120 valence electrons. The third-order valence-electron chi connectivity index (χ3n) is 4.58. The first-order chi connectivity index (χ1) is 11.1. The van der Waals surface area contributed by atoms with Gasteiger partial charge in [0.05, 0.1) is 0 Å². The number of aromatic nitrogens is 1. The second-order valence-electron chi connectivity index (χ2n) is 6.35. The number of nitrogens with zero attached hydrogens (tertiary/aromatic N) is 1. The van der Waals surface area contributed by atoms with Gasteiger partial charge < -0.3 is 9.84 Å². The van der Waals surface area contributed by atoms with Crippen molar-refractivity contribution in [2.24, 2.45) is 5.92 Å². The van der Waals surface area contributed by atoms with Crippen molar-refractivity contribution in [1.82, 2.24) is 5.16 Å². The molecule has 6 heteroatoms. The number of aryl methyl sites for hydroxylation is 1. The van der Waals surface area contributed by atoms with Gasteiger partial charge >= 0.3 is 0 Å². The van der Waals surface area contributed by atoms with Crippen LogP contribution in [0, 0.1) is 12.8 Å². The van der Waals surface area contributed by atoms with Gasteiger partial charge in [-0.2, -0.15) is 0 Å². The molecule has 0 bridgehead atoms. The summed E-state index contributed by atoms with van der Waals surface area (Å²) in [6, 6.07) is 5.44. The van der Waals surface area contributed by atoms with Crippen molar-refractivity contribution < 1.29 is 9.32 Å². The topological polar surface area (TPSA) is 55.1 Å². The lowest BCUT2D eigenvalue weighted by atomic mass is 10.1. The molecule has 2 aliphatic carbocycles. The third kappa shape index (κ3) is 2.74. The molecule has 0 saturated heterocycles. The number of carbonyl (C=O) groups excluding carboxylic acids is 1. The van der Waals surface area contributed by atoms with Gasteiger partial charge in [0.15, 0.2) is 5.76 Å². The molecule has 2 atom stereocenters. The van der Waals surface area contributed by atoms with Crippen LogP contribution in [0.1, 0.15) is 48.1 Å². The maximum absolute atomic E-state index is 12.6. The standard InChI is InChI=1S/C17H16Cl2N2O2/c1-8-15(16(23-21-8)9-5-6-9)20-17(22)11-7-10(11)14-12(18)3-2-4-13(14)19/h2-4,9-11H,5-7H2,1H3,(H,20,22)/t10-,11+/m0/s1. The molecule has 0 spiro atoms. The number of benzene rings is 1. The number of amides is 1. The zero-order valence-corrected chi connectivity index (χ0v) is 14.1. The van der Waals surface area contributed by atoms with E-state index in [9.17, 15) is 4.79 Å². The van der Waals surface area contributed by atoms with Crippen LogP contribution < -0.4 is 5.32 Å². The third-order valence-corrected chi connectivity index (χ3v) is 5.24. The molecule has 0 unspecified atom stereocenters. The fraction of sp³-hybridized carbons (Fsp3) is 0.412. The Morgan fingerprint density at radius 1 is 1.30 bits per heavy atom. The highest BCUT2D eigenvalue weighted by molar-refractivity contribution is 6.36. The van der Waals surface area contributed by atoms with Gasteiger partial charge in [0, 0.05) is 21.9 Å². The molecule has 0 radical (unpaired) electrons. The number of hydrogen-bond acceptors (Lipinski definition) is 3. The minimum absolute atomic E-state index is 0.0146. The van der Waals surface area contributed by atoms with Crippen LogP contribution in [0.5, 0.6) is 0 Å². The number of halogens is 2. The van der Waals surface area contributed by atoms with Gasteiger partial charge in [-0.15, -0.1) is 0 Å². The Kier molecular flexibility index (Phi) is 3.62. The number of rotatable bonds is 4. The molecule has 1 heterocycles. The summed E-state index contributed by atoms with van der Waals surface area (Å²) in [5, 5.41) is 8.23. The first-order valence-electron chi connectivity index (χ1n) is 7.77. The zero-order valence-electron chi connectivity index (χ0n) is 12.6. The molecule has 2 aliphatic rings. The predicted octanol–water partition coefficient (Wildman–Crippen LogP) is 4.91. The Bertz CT molecular complexity index is 763. The highest BCUT2D eigenvalue weighted by Crippen LogP contribution is 2.52. The molecule has 23 heavy (non-hydrogen) atoms. The zero-order chi connectivity index (χ0) is 16.1. The van der Waals surface area contributed by atoms with E-state index in [-0.39, 0.29) is 17.7 Å². The van der Waals surface area contributed by atoms with Crippen LogP contribution >= 0.6 is 23.2 Å². The Morgan fingerprint density at radius 3 is 2.65 bits per heavy atom. The van der Waals surface area contributed by atoms with Gasteiger partial charge in [-0.25, -0.2) is 0 Å². The van der Waals surface area contributed by atoms with Crippen LogP contribution in [-0.4, -0.2) is 11.1 Å². The normalized spacial score (nSPS) is 22.9. The van der Waals surface area contributed by atoms with Gasteiger partial charge in [0.25, 0.3) is 0 Å². The second kappa shape index (κ2) is 5.53. The summed E-state index contributed by atoms with van der Waals surface area (Å²) >= 11 is 12.5. The first kappa shape index (κ1) is 15.0. The number of nitrogens with one attached hydrogen (secondary N) is 1. The highest BCUT2D eigenvalue weighted by atomic mass is 35.5. The second-order valence-corrected chi connectivity index (χ2v) is 7.17. The van der Waals surface area contributed by atoms with E-state index in [1.54, 1.807) is 0 Å². The van der Waals surface area contributed by atoms with E-state index in [0.717, 1.165) is 42.0 Å². The molecule has 2 aromatic rings. The average Bonchev–Trinajstić information content (AvgIpc) is 3.41. The highest BCUT2D eigenvalue weighted by Gasteiger charge is 2.46. The largest absolute Gasteiger partial charge is 0.359 e. The summed E-state index contributed by atoms with van der Waals surface area (Å²) in [5.74, 6) is 1.18. The van der Waals surface area contributed by atoms with Crippen molar-refractivity contribution in [2.45, 2.75) is 38.0 Å². The molecule has 2 fully saturated rings. The summed E-state index contributed by atoms with van der Waals surface area (Å²) in [5.41, 5.74) is 2.35. The van der Waals surface area contributed by atoms with E-state index in [0.29, 0.717) is 16.0 Å². The number of hydrogen-bond donors (Lipinski definition) is 1. The van der Waals surface area contributed by atoms with E-state index in [4.69, 9.17) is 27.7 Å². The molecule has 4 nitrogen and oxygen atoms in total. The van der Waals surface area contributed by atoms with Crippen LogP contribution in [0.15, 0.2) is 22.7 Å². The van der Waals surface area contributed by atoms with Gasteiger partial charge in [0.1, 0.15) is 11.4 Å². The Hall–Kier alpha value is -1.52. The summed E-state index contributed by atoms with van der Waals surface area (Å²) in [6.07, 6.45) is 2.95. The van der Waals surface area contributed by atoms with E-state index in [1.165, 1.54) is 0 Å². The van der Waals surface area contributed by atoms with Crippen LogP contribution in [0.2, 0.25) is 10.0 Å². The molecule has 4 rings (SSSR count). The van der Waals surface area contributed by atoms with Gasteiger partial charge in [-0.3, -0.25) is 4.79 Å². The van der Waals surface area contributed by atoms with Crippen molar-refractivity contribution in [1.29, 1.82) is 0 Å². The van der Waals surface area contributed by atoms with E-state index in [1.807, 2.05) is 25.1 Å². The van der Waals surface area contributed by atoms with Crippen molar-refractivity contribution in [3.8, 4) is 0 Å². The minimum atomic E-state index is -0.103. The lowest BCUT2D eigenvalue weighted by molar-refractivity contribution is -0.117. The van der Waals surface area contributed by atoms with Crippen LogP contribution in [-0.2, 0) is 4.79 Å². The maximum atomic E-state index is 12.6. The van der Waals surface area contributed by atoms with Crippen LogP contribution in [0.3, 0.4) is 0 Å². The molecule has 1 aromatic carbocycles. The van der Waals surface area contributed by atoms with Crippen LogP contribution in [0.4, 0.5) is 5.69 Å². The van der Waals surface area contributed by atoms with Crippen molar-refractivity contribution in [2.75, 3.05) is 5.32 Å². The van der Waals surface area contributed by atoms with E-state index in [2.05, 4.69) is 10.5 Å². The monoisotopic (exact) mass is 350 g/mol. The summed E-state index contributed by atoms with van der Waals surface area (Å²) in [4.78, 5) is 12.6.